The summed E-state index contributed by atoms with van der Waals surface area (Å²) in [6, 6.07) is 7.41. The minimum Gasteiger partial charge on any atom is -0.487 e. The first-order valence-electron chi connectivity index (χ1n) is 8.93. The second-order valence-corrected chi connectivity index (χ2v) is 9.44. The lowest BCUT2D eigenvalue weighted by molar-refractivity contribution is -0.132. The quantitative estimate of drug-likeness (QED) is 0.890. The number of hydrogen-bond donors (Lipinski definition) is 1. The first kappa shape index (κ1) is 16.8. The van der Waals surface area contributed by atoms with Crippen LogP contribution in [0.15, 0.2) is 24.3 Å². The number of carbonyl (C=O) groups is 1. The molecule has 4 rings (SSSR count). The van der Waals surface area contributed by atoms with Crippen molar-refractivity contribution in [3.8, 4) is 5.75 Å². The predicted octanol–water partition coefficient (Wildman–Crippen LogP) is 1.97. The van der Waals surface area contributed by atoms with Gasteiger partial charge in [0.05, 0.1) is 11.3 Å². The molecular weight excluding hydrogens is 340 g/mol. The monoisotopic (exact) mass is 364 g/mol. The third-order valence-electron chi connectivity index (χ3n) is 5.59. The van der Waals surface area contributed by atoms with Crippen molar-refractivity contribution in [3.63, 3.8) is 0 Å². The average molecular weight is 364 g/mol. The molecule has 1 spiro atoms. The third kappa shape index (κ3) is 3.27. The summed E-state index contributed by atoms with van der Waals surface area (Å²) in [5.41, 5.74) is 0.503. The fourth-order valence-electron chi connectivity index (χ4n) is 3.93. The molecule has 2 heterocycles. The Morgan fingerprint density at radius 1 is 1.24 bits per heavy atom. The van der Waals surface area contributed by atoms with Gasteiger partial charge in [0.2, 0.25) is 15.9 Å². The highest BCUT2D eigenvalue weighted by Crippen LogP contribution is 2.45. The Hall–Kier alpha value is -1.60. The van der Waals surface area contributed by atoms with Crippen LogP contribution in [0.2, 0.25) is 0 Å². The normalized spacial score (nSPS) is 25.3. The van der Waals surface area contributed by atoms with Crippen molar-refractivity contribution in [2.75, 3.05) is 13.1 Å². The summed E-state index contributed by atoms with van der Waals surface area (Å²) in [4.78, 5) is 13.4. The maximum absolute atomic E-state index is 12.5. The SMILES string of the molecule is CC(=O)N1CCC2(CC1)C[C@H](NS(=O)(=O)C1CC1)c1ccccc1O2. The number of piperidine rings is 1. The largest absolute Gasteiger partial charge is 0.487 e. The van der Waals surface area contributed by atoms with Gasteiger partial charge >= 0.3 is 0 Å². The summed E-state index contributed by atoms with van der Waals surface area (Å²) in [5, 5.41) is -0.238. The summed E-state index contributed by atoms with van der Waals surface area (Å²) in [6.45, 7) is 2.89. The van der Waals surface area contributed by atoms with Crippen molar-refractivity contribution in [3.05, 3.63) is 29.8 Å². The number of benzene rings is 1. The van der Waals surface area contributed by atoms with Crippen molar-refractivity contribution in [2.24, 2.45) is 0 Å². The number of fused-ring (bicyclic) bond motifs is 1. The summed E-state index contributed by atoms with van der Waals surface area (Å²) in [7, 11) is -3.28. The molecule has 3 aliphatic rings. The van der Waals surface area contributed by atoms with E-state index in [1.54, 1.807) is 6.92 Å². The van der Waals surface area contributed by atoms with Gasteiger partial charge < -0.3 is 9.64 Å². The van der Waals surface area contributed by atoms with Gasteiger partial charge in [-0.15, -0.1) is 0 Å². The Labute approximate surface area is 148 Å². The van der Waals surface area contributed by atoms with E-state index >= 15 is 0 Å². The maximum Gasteiger partial charge on any atom is 0.219 e. The lowest BCUT2D eigenvalue weighted by Gasteiger charge is -2.46. The number of carbonyl (C=O) groups excluding carboxylic acids is 1. The Morgan fingerprint density at radius 3 is 2.56 bits per heavy atom. The summed E-state index contributed by atoms with van der Waals surface area (Å²) in [6.07, 6.45) is 3.56. The zero-order valence-electron chi connectivity index (χ0n) is 14.4. The maximum atomic E-state index is 12.5. The number of rotatable bonds is 3. The standard InChI is InChI=1S/C18H24N2O4S/c1-13(21)20-10-8-18(9-11-20)12-16(19-25(22,23)14-6-7-14)15-4-2-3-5-17(15)24-18/h2-5,14,16,19H,6-12H2,1H3/t16-/m0/s1. The average Bonchev–Trinajstić information content (AvgIpc) is 3.40. The number of ether oxygens (including phenoxy) is 1. The Bertz CT molecular complexity index is 780. The number of hydrogen-bond acceptors (Lipinski definition) is 4. The molecule has 1 saturated carbocycles. The highest BCUT2D eigenvalue weighted by molar-refractivity contribution is 7.90. The molecule has 1 saturated heterocycles. The molecule has 0 unspecified atom stereocenters. The van der Waals surface area contributed by atoms with Gasteiger partial charge in [0.25, 0.3) is 0 Å². The second-order valence-electron chi connectivity index (χ2n) is 7.45. The number of amides is 1. The van der Waals surface area contributed by atoms with E-state index in [1.807, 2.05) is 29.2 Å². The van der Waals surface area contributed by atoms with Crippen molar-refractivity contribution < 1.29 is 17.9 Å². The zero-order valence-corrected chi connectivity index (χ0v) is 15.2. The summed E-state index contributed by atoms with van der Waals surface area (Å²) in [5.74, 6) is 0.838. The van der Waals surface area contributed by atoms with Crippen molar-refractivity contribution >= 4 is 15.9 Å². The number of nitrogens with one attached hydrogen (secondary N) is 1. The van der Waals surface area contributed by atoms with Crippen molar-refractivity contribution in [1.82, 2.24) is 9.62 Å². The first-order chi connectivity index (χ1) is 11.9. The molecule has 0 bridgehead atoms. The number of para-hydroxylation sites is 1. The Morgan fingerprint density at radius 2 is 1.92 bits per heavy atom. The molecule has 6 nitrogen and oxygen atoms in total. The molecule has 136 valence electrons. The molecular formula is C18H24N2O4S. The van der Waals surface area contributed by atoms with Crippen LogP contribution in [0.5, 0.6) is 5.75 Å². The third-order valence-corrected chi connectivity index (χ3v) is 7.55. The van der Waals surface area contributed by atoms with E-state index in [-0.39, 0.29) is 17.2 Å². The van der Waals surface area contributed by atoms with Crippen molar-refractivity contribution in [2.45, 2.75) is 55.9 Å². The van der Waals surface area contributed by atoms with E-state index in [0.29, 0.717) is 19.5 Å². The van der Waals surface area contributed by atoms with E-state index in [2.05, 4.69) is 4.72 Å². The molecule has 2 aliphatic heterocycles. The second kappa shape index (κ2) is 5.99. The van der Waals surface area contributed by atoms with Crippen LogP contribution in [0.1, 0.15) is 50.6 Å². The highest BCUT2D eigenvalue weighted by atomic mass is 32.2. The number of sulfonamides is 1. The van der Waals surface area contributed by atoms with Gasteiger partial charge in [-0.3, -0.25) is 4.79 Å². The molecule has 1 N–H and O–H groups in total. The van der Waals surface area contributed by atoms with Crippen molar-refractivity contribution in [1.29, 1.82) is 0 Å². The molecule has 1 amide bonds. The van der Waals surface area contributed by atoms with Gasteiger partial charge in [0, 0.05) is 44.8 Å². The molecule has 1 atom stereocenters. The fourth-order valence-corrected chi connectivity index (χ4v) is 5.49. The summed E-state index contributed by atoms with van der Waals surface area (Å²) >= 11 is 0. The van der Waals surface area contributed by atoms with E-state index in [0.717, 1.165) is 37.0 Å². The van der Waals surface area contributed by atoms with Crippen LogP contribution in [0, 0.1) is 0 Å². The van der Waals surface area contributed by atoms with Crippen LogP contribution in [-0.2, 0) is 14.8 Å². The predicted molar refractivity (Wildman–Crippen MR) is 93.7 cm³/mol. The van der Waals surface area contributed by atoms with E-state index in [4.69, 9.17) is 4.74 Å². The molecule has 1 aromatic rings. The van der Waals surface area contributed by atoms with Gasteiger partial charge in [-0.05, 0) is 18.9 Å². The molecule has 1 aromatic carbocycles. The van der Waals surface area contributed by atoms with Crippen LogP contribution in [-0.4, -0.2) is 43.2 Å². The van der Waals surface area contributed by atoms with Crippen LogP contribution in [0.3, 0.4) is 0 Å². The van der Waals surface area contributed by atoms with Gasteiger partial charge in [-0.2, -0.15) is 0 Å². The molecule has 0 aromatic heterocycles. The minimum absolute atomic E-state index is 0.0806. The van der Waals surface area contributed by atoms with Gasteiger partial charge in [-0.1, -0.05) is 18.2 Å². The minimum atomic E-state index is -3.28. The highest BCUT2D eigenvalue weighted by Gasteiger charge is 2.46. The van der Waals surface area contributed by atoms with E-state index in [1.165, 1.54) is 0 Å². The smallest absolute Gasteiger partial charge is 0.219 e. The topological polar surface area (TPSA) is 75.7 Å². The van der Waals surface area contributed by atoms with Crippen LogP contribution >= 0.6 is 0 Å². The molecule has 0 radical (unpaired) electrons. The Kier molecular flexibility index (Phi) is 4.03. The lowest BCUT2D eigenvalue weighted by atomic mass is 9.81. The number of nitrogens with zero attached hydrogens (tertiary/aromatic N) is 1. The Balaban J connectivity index is 1.60. The molecule has 25 heavy (non-hydrogen) atoms. The van der Waals surface area contributed by atoms with Crippen LogP contribution in [0.4, 0.5) is 0 Å². The molecule has 2 fully saturated rings. The van der Waals surface area contributed by atoms with E-state index < -0.39 is 15.6 Å². The first-order valence-corrected chi connectivity index (χ1v) is 10.5. The molecule has 7 heteroatoms. The fraction of sp³-hybridized carbons (Fsp3) is 0.611. The molecule has 1 aliphatic carbocycles. The van der Waals surface area contributed by atoms with Gasteiger partial charge in [0.15, 0.2) is 0 Å². The zero-order chi connectivity index (χ0) is 17.7. The van der Waals surface area contributed by atoms with Gasteiger partial charge in [0.1, 0.15) is 11.4 Å². The van der Waals surface area contributed by atoms with E-state index in [9.17, 15) is 13.2 Å². The van der Waals surface area contributed by atoms with Crippen LogP contribution in [0.25, 0.3) is 0 Å². The lowest BCUT2D eigenvalue weighted by Crippen LogP contribution is -2.53. The number of likely N-dealkylation sites (tertiary alicyclic amines) is 1. The van der Waals surface area contributed by atoms with Gasteiger partial charge in [-0.25, -0.2) is 13.1 Å². The van der Waals surface area contributed by atoms with Crippen LogP contribution < -0.4 is 9.46 Å². The summed E-state index contributed by atoms with van der Waals surface area (Å²) < 4.78 is 34.2.